The SMILES string of the molecule is OC(c1ccc2c(c1)COC2)c1cc(Cl)sc1Cl. The van der Waals surface area contributed by atoms with Crippen LogP contribution in [0.25, 0.3) is 0 Å². The predicted molar refractivity (Wildman–Crippen MR) is 73.3 cm³/mol. The van der Waals surface area contributed by atoms with Gasteiger partial charge in [0.25, 0.3) is 0 Å². The standard InChI is InChI=1S/C13H10Cl2O2S/c14-11-4-10(13(15)18-11)12(16)7-1-2-8-5-17-6-9(8)3-7/h1-4,12,16H,5-6H2. The lowest BCUT2D eigenvalue weighted by molar-refractivity contribution is 0.134. The maximum absolute atomic E-state index is 10.3. The van der Waals surface area contributed by atoms with Crippen molar-refractivity contribution in [3.8, 4) is 0 Å². The van der Waals surface area contributed by atoms with Gasteiger partial charge in [-0.1, -0.05) is 41.4 Å². The number of thiophene rings is 1. The van der Waals surface area contributed by atoms with Crippen LogP contribution in [0.3, 0.4) is 0 Å². The molecule has 0 amide bonds. The Bertz CT molecular complexity index is 595. The van der Waals surface area contributed by atoms with Gasteiger partial charge in [-0.05, 0) is 22.8 Å². The lowest BCUT2D eigenvalue weighted by Gasteiger charge is -2.11. The molecular weight excluding hydrogens is 291 g/mol. The van der Waals surface area contributed by atoms with Gasteiger partial charge in [0, 0.05) is 5.56 Å². The van der Waals surface area contributed by atoms with E-state index in [9.17, 15) is 5.11 Å². The van der Waals surface area contributed by atoms with Gasteiger partial charge in [0.2, 0.25) is 0 Å². The Kier molecular flexibility index (Phi) is 3.34. The van der Waals surface area contributed by atoms with Crippen molar-refractivity contribution in [3.63, 3.8) is 0 Å². The molecule has 1 unspecified atom stereocenters. The van der Waals surface area contributed by atoms with Gasteiger partial charge >= 0.3 is 0 Å². The third-order valence-electron chi connectivity index (χ3n) is 3.04. The van der Waals surface area contributed by atoms with Crippen LogP contribution in [0.2, 0.25) is 8.67 Å². The topological polar surface area (TPSA) is 29.5 Å². The number of hydrogen-bond donors (Lipinski definition) is 1. The average molecular weight is 301 g/mol. The Hall–Kier alpha value is -0.580. The van der Waals surface area contributed by atoms with Gasteiger partial charge in [0.15, 0.2) is 0 Å². The number of rotatable bonds is 2. The molecule has 1 aromatic heterocycles. The number of halogens is 2. The van der Waals surface area contributed by atoms with E-state index in [4.69, 9.17) is 27.9 Å². The highest BCUT2D eigenvalue weighted by Gasteiger charge is 2.19. The second kappa shape index (κ2) is 4.83. The summed E-state index contributed by atoms with van der Waals surface area (Å²) in [5.74, 6) is 0. The number of aliphatic hydroxyl groups is 1. The number of aliphatic hydroxyl groups excluding tert-OH is 1. The molecule has 3 rings (SSSR count). The molecule has 2 nitrogen and oxygen atoms in total. The number of ether oxygens (including phenoxy) is 1. The molecule has 94 valence electrons. The zero-order chi connectivity index (χ0) is 12.7. The second-order valence-electron chi connectivity index (χ2n) is 4.20. The molecule has 5 heteroatoms. The quantitative estimate of drug-likeness (QED) is 0.902. The molecule has 1 aliphatic rings. The minimum Gasteiger partial charge on any atom is -0.384 e. The summed E-state index contributed by atoms with van der Waals surface area (Å²) in [6.45, 7) is 1.25. The first-order valence-electron chi connectivity index (χ1n) is 5.47. The molecule has 0 aliphatic carbocycles. The fourth-order valence-electron chi connectivity index (χ4n) is 2.08. The van der Waals surface area contributed by atoms with E-state index in [1.807, 2.05) is 18.2 Å². The zero-order valence-electron chi connectivity index (χ0n) is 9.32. The van der Waals surface area contributed by atoms with E-state index in [-0.39, 0.29) is 0 Å². The Morgan fingerprint density at radius 1 is 1.17 bits per heavy atom. The highest BCUT2D eigenvalue weighted by Crippen LogP contribution is 2.38. The molecule has 1 N–H and O–H groups in total. The van der Waals surface area contributed by atoms with Gasteiger partial charge in [-0.2, -0.15) is 0 Å². The van der Waals surface area contributed by atoms with Crippen LogP contribution in [0.15, 0.2) is 24.3 Å². The third-order valence-corrected chi connectivity index (χ3v) is 4.56. The normalized spacial score (nSPS) is 15.7. The lowest BCUT2D eigenvalue weighted by Crippen LogP contribution is -1.99. The first-order valence-corrected chi connectivity index (χ1v) is 7.04. The zero-order valence-corrected chi connectivity index (χ0v) is 11.6. The van der Waals surface area contributed by atoms with Gasteiger partial charge in [0.1, 0.15) is 10.4 Å². The van der Waals surface area contributed by atoms with Crippen LogP contribution in [0.1, 0.15) is 28.4 Å². The van der Waals surface area contributed by atoms with Crippen molar-refractivity contribution in [3.05, 3.63) is 55.2 Å². The molecule has 2 heterocycles. The first kappa shape index (κ1) is 12.5. The lowest BCUT2D eigenvalue weighted by atomic mass is 10.00. The molecule has 2 aromatic rings. The van der Waals surface area contributed by atoms with Gasteiger partial charge < -0.3 is 9.84 Å². The predicted octanol–water partition coefficient (Wildman–Crippen LogP) is 4.17. The molecule has 0 spiro atoms. The molecule has 0 saturated heterocycles. The summed E-state index contributed by atoms with van der Waals surface area (Å²) >= 11 is 13.2. The van der Waals surface area contributed by atoms with Gasteiger partial charge in [-0.15, -0.1) is 11.3 Å². The van der Waals surface area contributed by atoms with Gasteiger partial charge in [0.05, 0.1) is 17.6 Å². The van der Waals surface area contributed by atoms with Gasteiger partial charge in [-0.25, -0.2) is 0 Å². The van der Waals surface area contributed by atoms with Crippen molar-refractivity contribution in [2.24, 2.45) is 0 Å². The summed E-state index contributed by atoms with van der Waals surface area (Å²) in [6, 6.07) is 7.57. The maximum atomic E-state index is 10.3. The van der Waals surface area contributed by atoms with Crippen molar-refractivity contribution in [1.29, 1.82) is 0 Å². The number of benzene rings is 1. The highest BCUT2D eigenvalue weighted by molar-refractivity contribution is 7.20. The minimum absolute atomic E-state index is 0.532. The van der Waals surface area contributed by atoms with E-state index in [2.05, 4.69) is 0 Å². The van der Waals surface area contributed by atoms with E-state index >= 15 is 0 Å². The molecule has 1 aliphatic heterocycles. The summed E-state index contributed by atoms with van der Waals surface area (Å²) < 4.78 is 6.47. The van der Waals surface area contributed by atoms with Crippen LogP contribution in [0, 0.1) is 0 Å². The Morgan fingerprint density at radius 2 is 1.94 bits per heavy atom. The van der Waals surface area contributed by atoms with Crippen LogP contribution in [-0.2, 0) is 18.0 Å². The second-order valence-corrected chi connectivity index (χ2v) is 6.49. The Balaban J connectivity index is 1.97. The Labute approximate surface area is 119 Å². The summed E-state index contributed by atoms with van der Waals surface area (Å²) in [6.07, 6.45) is -0.743. The van der Waals surface area contributed by atoms with E-state index < -0.39 is 6.10 Å². The fraction of sp³-hybridized carbons (Fsp3) is 0.231. The van der Waals surface area contributed by atoms with Crippen molar-refractivity contribution < 1.29 is 9.84 Å². The van der Waals surface area contributed by atoms with Gasteiger partial charge in [-0.3, -0.25) is 0 Å². The number of fused-ring (bicyclic) bond motifs is 1. The smallest absolute Gasteiger partial charge is 0.106 e. The Morgan fingerprint density at radius 3 is 2.67 bits per heavy atom. The van der Waals surface area contributed by atoms with Crippen molar-refractivity contribution >= 4 is 34.5 Å². The highest BCUT2D eigenvalue weighted by atomic mass is 35.5. The molecule has 0 bridgehead atoms. The van der Waals surface area contributed by atoms with Crippen LogP contribution in [-0.4, -0.2) is 5.11 Å². The van der Waals surface area contributed by atoms with Crippen molar-refractivity contribution in [2.75, 3.05) is 0 Å². The molecule has 1 atom stereocenters. The molecule has 0 fully saturated rings. The largest absolute Gasteiger partial charge is 0.384 e. The van der Waals surface area contributed by atoms with Crippen molar-refractivity contribution in [1.82, 2.24) is 0 Å². The van der Waals surface area contributed by atoms with E-state index in [1.165, 1.54) is 16.9 Å². The summed E-state index contributed by atoms with van der Waals surface area (Å²) in [5.41, 5.74) is 3.78. The molecule has 18 heavy (non-hydrogen) atoms. The van der Waals surface area contributed by atoms with Crippen LogP contribution >= 0.6 is 34.5 Å². The van der Waals surface area contributed by atoms with E-state index in [1.54, 1.807) is 6.07 Å². The summed E-state index contributed by atoms with van der Waals surface area (Å²) in [4.78, 5) is 0. The monoisotopic (exact) mass is 300 g/mol. The molecule has 0 saturated carbocycles. The summed E-state index contributed by atoms with van der Waals surface area (Å²) in [7, 11) is 0. The van der Waals surface area contributed by atoms with E-state index in [0.29, 0.717) is 27.4 Å². The van der Waals surface area contributed by atoms with Crippen LogP contribution in [0.4, 0.5) is 0 Å². The maximum Gasteiger partial charge on any atom is 0.106 e. The van der Waals surface area contributed by atoms with Crippen LogP contribution in [0.5, 0.6) is 0 Å². The third kappa shape index (κ3) is 2.17. The number of hydrogen-bond acceptors (Lipinski definition) is 3. The summed E-state index contributed by atoms with van der Waals surface area (Å²) in [5, 5.41) is 10.3. The molecule has 1 aromatic carbocycles. The van der Waals surface area contributed by atoms with E-state index in [0.717, 1.165) is 11.1 Å². The minimum atomic E-state index is -0.743. The fourth-order valence-corrected chi connectivity index (χ4v) is 3.60. The van der Waals surface area contributed by atoms with Crippen molar-refractivity contribution in [2.45, 2.75) is 19.3 Å². The van der Waals surface area contributed by atoms with Crippen LogP contribution < -0.4 is 0 Å². The molecule has 0 radical (unpaired) electrons. The first-order chi connectivity index (χ1) is 8.65. The average Bonchev–Trinajstić information content (AvgIpc) is 2.93. The molecular formula is C13H10Cl2O2S.